The average Bonchev–Trinajstić information content (AvgIpc) is 2.47. The zero-order chi connectivity index (χ0) is 16.3. The van der Waals surface area contributed by atoms with E-state index in [0.717, 1.165) is 0 Å². The highest BCUT2D eigenvalue weighted by molar-refractivity contribution is 5.91. The van der Waals surface area contributed by atoms with Crippen LogP contribution < -0.4 is 10.2 Å². The molecule has 2 amide bonds. The molecule has 9 nitrogen and oxygen atoms in total. The number of carbonyl (C=O) groups is 2. The molecule has 0 aliphatic carbocycles. The summed E-state index contributed by atoms with van der Waals surface area (Å²) in [6, 6.07) is 4.55. The van der Waals surface area contributed by atoms with Crippen LogP contribution in [0.2, 0.25) is 0 Å². The lowest BCUT2D eigenvalue weighted by Crippen LogP contribution is -2.48. The van der Waals surface area contributed by atoms with Gasteiger partial charge < -0.3 is 20.2 Å². The molecule has 0 atom stereocenters. The fourth-order valence-corrected chi connectivity index (χ4v) is 2.32. The highest BCUT2D eigenvalue weighted by Gasteiger charge is 2.23. The van der Waals surface area contributed by atoms with E-state index in [2.05, 4.69) is 5.32 Å². The lowest BCUT2D eigenvalue weighted by molar-refractivity contribution is -0.383. The molecule has 1 aliphatic heterocycles. The molecule has 1 aliphatic rings. The van der Waals surface area contributed by atoms with Gasteiger partial charge in [0.2, 0.25) is 5.91 Å². The second-order valence-electron chi connectivity index (χ2n) is 4.90. The van der Waals surface area contributed by atoms with E-state index in [-0.39, 0.29) is 17.3 Å². The van der Waals surface area contributed by atoms with Crippen molar-refractivity contribution in [1.29, 1.82) is 0 Å². The highest BCUT2D eigenvalue weighted by atomic mass is 16.6. The number of nitro groups is 1. The van der Waals surface area contributed by atoms with Crippen molar-refractivity contribution >= 4 is 29.1 Å². The monoisotopic (exact) mass is 308 g/mol. The molecule has 0 spiro atoms. The SMILES string of the molecule is CC(=O)Nc1ccc(N2CCN(C(=O)O)CC2)cc1[N+](=O)[O-]. The van der Waals surface area contributed by atoms with Gasteiger partial charge in [-0.1, -0.05) is 0 Å². The molecular formula is C13H16N4O5. The van der Waals surface area contributed by atoms with Gasteiger partial charge in [0.05, 0.1) is 4.92 Å². The molecule has 22 heavy (non-hydrogen) atoms. The van der Waals surface area contributed by atoms with Gasteiger partial charge in [0.1, 0.15) is 5.69 Å². The molecule has 1 fully saturated rings. The molecule has 1 aromatic rings. The largest absolute Gasteiger partial charge is 0.465 e. The van der Waals surface area contributed by atoms with Gasteiger partial charge in [-0.05, 0) is 12.1 Å². The van der Waals surface area contributed by atoms with Crippen LogP contribution in [-0.2, 0) is 4.79 Å². The van der Waals surface area contributed by atoms with Gasteiger partial charge in [-0.15, -0.1) is 0 Å². The highest BCUT2D eigenvalue weighted by Crippen LogP contribution is 2.30. The van der Waals surface area contributed by atoms with Crippen LogP contribution in [0.25, 0.3) is 0 Å². The molecule has 9 heteroatoms. The van der Waals surface area contributed by atoms with Crippen molar-refractivity contribution in [3.05, 3.63) is 28.3 Å². The van der Waals surface area contributed by atoms with Crippen molar-refractivity contribution in [3.8, 4) is 0 Å². The number of benzene rings is 1. The molecule has 0 radical (unpaired) electrons. The molecule has 2 rings (SSSR count). The van der Waals surface area contributed by atoms with E-state index in [0.29, 0.717) is 31.9 Å². The molecule has 0 unspecified atom stereocenters. The number of carboxylic acid groups (broad SMARTS) is 1. The summed E-state index contributed by atoms with van der Waals surface area (Å²) >= 11 is 0. The van der Waals surface area contributed by atoms with Crippen LogP contribution in [0.15, 0.2) is 18.2 Å². The maximum atomic E-state index is 11.1. The minimum absolute atomic E-state index is 0.144. The van der Waals surface area contributed by atoms with E-state index in [1.54, 1.807) is 6.07 Å². The third-order valence-electron chi connectivity index (χ3n) is 3.40. The van der Waals surface area contributed by atoms with Crippen molar-refractivity contribution < 1.29 is 19.6 Å². The summed E-state index contributed by atoms with van der Waals surface area (Å²) in [5, 5.41) is 22.5. The summed E-state index contributed by atoms with van der Waals surface area (Å²) in [4.78, 5) is 35.7. The number of rotatable bonds is 3. The maximum Gasteiger partial charge on any atom is 0.407 e. The molecule has 0 aromatic heterocycles. The quantitative estimate of drug-likeness (QED) is 0.643. The summed E-state index contributed by atoms with van der Waals surface area (Å²) < 4.78 is 0. The fourth-order valence-electron chi connectivity index (χ4n) is 2.32. The van der Waals surface area contributed by atoms with Crippen molar-refractivity contribution in [2.45, 2.75) is 6.92 Å². The third-order valence-corrected chi connectivity index (χ3v) is 3.40. The predicted octanol–water partition coefficient (Wildman–Crippen LogP) is 1.35. The first-order valence-corrected chi connectivity index (χ1v) is 6.67. The number of nitrogens with one attached hydrogen (secondary N) is 1. The number of amides is 2. The molecule has 2 N–H and O–H groups in total. The van der Waals surface area contributed by atoms with Crippen LogP contribution in [0.4, 0.5) is 21.9 Å². The lowest BCUT2D eigenvalue weighted by atomic mass is 10.2. The van der Waals surface area contributed by atoms with E-state index in [9.17, 15) is 19.7 Å². The fraction of sp³-hybridized carbons (Fsp3) is 0.385. The van der Waals surface area contributed by atoms with Gasteiger partial charge >= 0.3 is 6.09 Å². The van der Waals surface area contributed by atoms with Crippen molar-refractivity contribution in [3.63, 3.8) is 0 Å². The molecule has 0 saturated carbocycles. The first-order chi connectivity index (χ1) is 10.4. The molecular weight excluding hydrogens is 292 g/mol. The number of carbonyl (C=O) groups excluding carboxylic acids is 1. The van der Waals surface area contributed by atoms with E-state index < -0.39 is 11.0 Å². The summed E-state index contributed by atoms with van der Waals surface area (Å²) in [5.74, 6) is -0.383. The molecule has 118 valence electrons. The minimum Gasteiger partial charge on any atom is -0.465 e. The zero-order valence-corrected chi connectivity index (χ0v) is 12.0. The Morgan fingerprint density at radius 1 is 1.27 bits per heavy atom. The normalized spacial score (nSPS) is 14.6. The zero-order valence-electron chi connectivity index (χ0n) is 12.0. The van der Waals surface area contributed by atoms with Crippen molar-refractivity contribution in [2.75, 3.05) is 36.4 Å². The number of piperazine rings is 1. The number of nitro benzene ring substituents is 1. The summed E-state index contributed by atoms with van der Waals surface area (Å²) in [7, 11) is 0. The van der Waals surface area contributed by atoms with Crippen LogP contribution >= 0.6 is 0 Å². The maximum absolute atomic E-state index is 11.1. The van der Waals surface area contributed by atoms with E-state index in [1.165, 1.54) is 24.0 Å². The number of anilines is 2. The minimum atomic E-state index is -0.966. The average molecular weight is 308 g/mol. The Balaban J connectivity index is 2.19. The van der Waals surface area contributed by atoms with E-state index >= 15 is 0 Å². The van der Waals surface area contributed by atoms with E-state index in [4.69, 9.17) is 5.11 Å². The molecule has 0 bridgehead atoms. The van der Waals surface area contributed by atoms with Crippen LogP contribution in [0, 0.1) is 10.1 Å². The molecule has 1 saturated heterocycles. The smallest absolute Gasteiger partial charge is 0.407 e. The van der Waals surface area contributed by atoms with Gasteiger partial charge in [-0.2, -0.15) is 0 Å². The van der Waals surface area contributed by atoms with Crippen LogP contribution in [0.1, 0.15) is 6.92 Å². The third kappa shape index (κ3) is 3.43. The second-order valence-corrected chi connectivity index (χ2v) is 4.90. The first kappa shape index (κ1) is 15.5. The van der Waals surface area contributed by atoms with Gasteiger partial charge in [-0.3, -0.25) is 14.9 Å². The summed E-state index contributed by atoms with van der Waals surface area (Å²) in [5.41, 5.74) is 0.588. The Kier molecular flexibility index (Phi) is 4.44. The Morgan fingerprint density at radius 2 is 1.91 bits per heavy atom. The molecule has 1 aromatic carbocycles. The van der Waals surface area contributed by atoms with Gasteiger partial charge in [0.25, 0.3) is 5.69 Å². The topological polar surface area (TPSA) is 116 Å². The lowest BCUT2D eigenvalue weighted by Gasteiger charge is -2.34. The van der Waals surface area contributed by atoms with E-state index in [1.807, 2.05) is 4.90 Å². The van der Waals surface area contributed by atoms with Crippen LogP contribution in [-0.4, -0.2) is 53.1 Å². The Bertz CT molecular complexity index is 610. The van der Waals surface area contributed by atoms with Gasteiger partial charge in [0, 0.05) is 44.9 Å². The first-order valence-electron chi connectivity index (χ1n) is 6.67. The van der Waals surface area contributed by atoms with Crippen molar-refractivity contribution in [1.82, 2.24) is 4.90 Å². The number of hydrogen-bond donors (Lipinski definition) is 2. The van der Waals surface area contributed by atoms with Gasteiger partial charge in [0.15, 0.2) is 0 Å². The Labute approximate surface area is 126 Å². The number of nitrogens with zero attached hydrogens (tertiary/aromatic N) is 3. The molecule has 1 heterocycles. The number of hydrogen-bond acceptors (Lipinski definition) is 5. The Morgan fingerprint density at radius 3 is 2.41 bits per heavy atom. The van der Waals surface area contributed by atoms with Crippen LogP contribution in [0.5, 0.6) is 0 Å². The van der Waals surface area contributed by atoms with Gasteiger partial charge in [-0.25, -0.2) is 4.79 Å². The predicted molar refractivity (Wildman–Crippen MR) is 79.2 cm³/mol. The summed E-state index contributed by atoms with van der Waals surface area (Å²) in [6.07, 6.45) is -0.966. The van der Waals surface area contributed by atoms with Crippen LogP contribution in [0.3, 0.4) is 0 Å². The second kappa shape index (κ2) is 6.29. The van der Waals surface area contributed by atoms with Crippen molar-refractivity contribution in [2.24, 2.45) is 0 Å². The summed E-state index contributed by atoms with van der Waals surface area (Å²) in [6.45, 7) is 2.89. The Hall–Kier alpha value is -2.84. The standard InChI is InChI=1S/C13H16N4O5/c1-9(18)14-11-3-2-10(8-12(11)17(21)22)15-4-6-16(7-5-15)13(19)20/h2-3,8H,4-7H2,1H3,(H,14,18)(H,19,20).